The maximum atomic E-state index is 15.6. The zero-order valence-electron chi connectivity index (χ0n) is 29.6. The number of alkyl halides is 2. The highest BCUT2D eigenvalue weighted by molar-refractivity contribution is 6.05. The number of nitrogens with zero attached hydrogens (tertiary/aromatic N) is 8. The molecule has 0 bridgehead atoms. The Morgan fingerprint density at radius 3 is 2.67 bits per heavy atom. The van der Waals surface area contributed by atoms with E-state index in [0.29, 0.717) is 58.7 Å². The molecule has 2 aromatic carbocycles. The molecule has 2 atom stereocenters. The van der Waals surface area contributed by atoms with Gasteiger partial charge in [-0.3, -0.25) is 4.79 Å². The van der Waals surface area contributed by atoms with Gasteiger partial charge in [0.2, 0.25) is 11.8 Å². The number of aryl methyl sites for hydroxylation is 1. The fraction of sp³-hybridized carbons (Fsp3) is 0.444. The fourth-order valence-corrected chi connectivity index (χ4v) is 6.84. The second-order valence-corrected chi connectivity index (χ2v) is 13.4. The number of amides is 1. The molecule has 3 aromatic heterocycles. The van der Waals surface area contributed by atoms with E-state index in [-0.39, 0.29) is 42.5 Å². The van der Waals surface area contributed by atoms with Crippen LogP contribution in [0.15, 0.2) is 49.3 Å². The molecule has 0 spiro atoms. The van der Waals surface area contributed by atoms with Crippen LogP contribution >= 0.6 is 0 Å². The van der Waals surface area contributed by atoms with Crippen LogP contribution < -0.4 is 24.8 Å². The van der Waals surface area contributed by atoms with Gasteiger partial charge in [-0.25, -0.2) is 33.2 Å². The molecule has 52 heavy (non-hydrogen) atoms. The standard InChI is InChI=1S/C36H42F2N10O4/c1-5-50-27-16-25-32(34(52-28-12-14-46(3)18-36(28,37)38)33(27)45-30(49)11-9-24-7-6-13-47(24)4)35(41-19-39-25)44-23-8-10-26(22(2)15-23)51-31-17-29-40-20-43-48(29)21-42-31/h8,10,15-17,19-21,24,28H,5-7,9,11-14,18H2,1-4H3,(H,45,49)(H,39,41,44)/t24-,28-/m1/s1. The van der Waals surface area contributed by atoms with Gasteiger partial charge in [-0.15, -0.1) is 0 Å². The summed E-state index contributed by atoms with van der Waals surface area (Å²) in [6, 6.07) is 9.11. The summed E-state index contributed by atoms with van der Waals surface area (Å²) < 4.78 is 51.0. The molecule has 14 nitrogen and oxygen atoms in total. The van der Waals surface area contributed by atoms with Crippen LogP contribution in [-0.4, -0.2) is 104 Å². The molecule has 2 N–H and O–H groups in total. The zero-order valence-corrected chi connectivity index (χ0v) is 29.6. The molecule has 2 aliphatic heterocycles. The number of piperidine rings is 1. The molecule has 0 saturated carbocycles. The molecular weight excluding hydrogens is 674 g/mol. The summed E-state index contributed by atoms with van der Waals surface area (Å²) in [5.74, 6) is -1.92. The molecule has 2 fully saturated rings. The number of halogens is 2. The zero-order chi connectivity index (χ0) is 36.4. The minimum absolute atomic E-state index is 0.0243. The average Bonchev–Trinajstić information content (AvgIpc) is 3.75. The van der Waals surface area contributed by atoms with E-state index in [0.717, 1.165) is 24.9 Å². The lowest BCUT2D eigenvalue weighted by atomic mass is 10.0. The van der Waals surface area contributed by atoms with Gasteiger partial charge in [0, 0.05) is 43.2 Å². The molecule has 2 saturated heterocycles. The molecule has 1 amide bonds. The lowest BCUT2D eigenvalue weighted by Crippen LogP contribution is -2.52. The van der Waals surface area contributed by atoms with Gasteiger partial charge in [-0.2, -0.15) is 5.10 Å². The number of hydrogen-bond donors (Lipinski definition) is 2. The predicted molar refractivity (Wildman–Crippen MR) is 191 cm³/mol. The van der Waals surface area contributed by atoms with E-state index in [1.165, 1.54) is 23.5 Å². The largest absolute Gasteiger partial charge is 0.491 e. The van der Waals surface area contributed by atoms with E-state index in [1.54, 1.807) is 36.2 Å². The lowest BCUT2D eigenvalue weighted by molar-refractivity contribution is -0.134. The Hall–Kier alpha value is -5.22. The third-order valence-corrected chi connectivity index (χ3v) is 9.57. The third-order valence-electron chi connectivity index (χ3n) is 9.57. The van der Waals surface area contributed by atoms with Crippen molar-refractivity contribution < 1.29 is 27.8 Å². The van der Waals surface area contributed by atoms with Crippen LogP contribution in [-0.2, 0) is 4.79 Å². The second kappa shape index (κ2) is 14.8. The Bertz CT molecular complexity index is 2080. The van der Waals surface area contributed by atoms with E-state index in [2.05, 4.69) is 47.6 Å². The van der Waals surface area contributed by atoms with Crippen molar-refractivity contribution in [3.8, 4) is 23.1 Å². The van der Waals surface area contributed by atoms with Gasteiger partial charge < -0.3 is 34.6 Å². The molecular formula is C36H42F2N10O4. The summed E-state index contributed by atoms with van der Waals surface area (Å²) in [6.45, 7) is 4.90. The normalized spacial score (nSPS) is 19.2. The summed E-state index contributed by atoms with van der Waals surface area (Å²) in [4.78, 5) is 34.8. The average molecular weight is 717 g/mol. The molecule has 5 aromatic rings. The number of likely N-dealkylation sites (tertiary alicyclic amines) is 2. The number of carbonyl (C=O) groups excluding carboxylic acids is 1. The van der Waals surface area contributed by atoms with Crippen molar-refractivity contribution in [2.24, 2.45) is 0 Å². The van der Waals surface area contributed by atoms with Gasteiger partial charge in [-0.1, -0.05) is 0 Å². The number of fused-ring (bicyclic) bond motifs is 2. The van der Waals surface area contributed by atoms with Crippen LogP contribution in [0, 0.1) is 6.92 Å². The molecule has 2 aliphatic rings. The van der Waals surface area contributed by atoms with Gasteiger partial charge in [0.1, 0.15) is 42.0 Å². The van der Waals surface area contributed by atoms with Crippen molar-refractivity contribution in [2.75, 3.05) is 51.0 Å². The quantitative estimate of drug-likeness (QED) is 0.160. The van der Waals surface area contributed by atoms with Gasteiger partial charge >= 0.3 is 0 Å². The number of rotatable bonds is 12. The Morgan fingerprint density at radius 2 is 1.90 bits per heavy atom. The number of hydrogen-bond acceptors (Lipinski definition) is 12. The van der Waals surface area contributed by atoms with Crippen LogP contribution in [0.4, 0.5) is 26.0 Å². The first kappa shape index (κ1) is 35.2. The Labute approximate surface area is 299 Å². The van der Waals surface area contributed by atoms with Crippen molar-refractivity contribution in [3.05, 3.63) is 54.9 Å². The first-order valence-electron chi connectivity index (χ1n) is 17.5. The molecule has 16 heteroatoms. The van der Waals surface area contributed by atoms with E-state index in [4.69, 9.17) is 14.2 Å². The van der Waals surface area contributed by atoms with E-state index >= 15 is 8.78 Å². The molecule has 274 valence electrons. The number of nitrogens with one attached hydrogen (secondary N) is 2. The van der Waals surface area contributed by atoms with Crippen molar-refractivity contribution in [3.63, 3.8) is 0 Å². The number of carbonyl (C=O) groups is 1. The number of ether oxygens (including phenoxy) is 3. The minimum atomic E-state index is -3.17. The summed E-state index contributed by atoms with van der Waals surface area (Å²) >= 11 is 0. The van der Waals surface area contributed by atoms with E-state index in [1.807, 2.05) is 19.9 Å². The highest BCUT2D eigenvalue weighted by Crippen LogP contribution is 2.46. The Morgan fingerprint density at radius 1 is 1.04 bits per heavy atom. The maximum Gasteiger partial charge on any atom is 0.296 e. The molecule has 7 rings (SSSR count). The number of benzene rings is 2. The van der Waals surface area contributed by atoms with Crippen molar-refractivity contribution in [2.45, 2.75) is 64.0 Å². The molecule has 0 aliphatic carbocycles. The van der Waals surface area contributed by atoms with Crippen LogP contribution in [0.2, 0.25) is 0 Å². The first-order chi connectivity index (χ1) is 25.1. The van der Waals surface area contributed by atoms with Crippen molar-refractivity contribution >= 4 is 39.6 Å². The van der Waals surface area contributed by atoms with Gasteiger partial charge in [0.05, 0.1) is 24.1 Å². The lowest BCUT2D eigenvalue weighted by Gasteiger charge is -2.37. The highest BCUT2D eigenvalue weighted by Gasteiger charge is 2.46. The van der Waals surface area contributed by atoms with E-state index < -0.39 is 18.6 Å². The van der Waals surface area contributed by atoms with Crippen LogP contribution in [0.3, 0.4) is 0 Å². The molecule has 5 heterocycles. The monoisotopic (exact) mass is 716 g/mol. The van der Waals surface area contributed by atoms with Crippen LogP contribution in [0.5, 0.6) is 23.1 Å². The summed E-state index contributed by atoms with van der Waals surface area (Å²) in [7, 11) is 3.72. The maximum absolute atomic E-state index is 15.6. The second-order valence-electron chi connectivity index (χ2n) is 13.4. The van der Waals surface area contributed by atoms with Crippen molar-refractivity contribution in [1.29, 1.82) is 0 Å². The minimum Gasteiger partial charge on any atom is -0.491 e. The highest BCUT2D eigenvalue weighted by atomic mass is 19.3. The molecule has 0 unspecified atom stereocenters. The summed E-state index contributed by atoms with van der Waals surface area (Å²) in [5.41, 5.74) is 2.58. The predicted octanol–water partition coefficient (Wildman–Crippen LogP) is 5.84. The summed E-state index contributed by atoms with van der Waals surface area (Å²) in [5, 5.41) is 10.7. The Balaban J connectivity index is 1.24. The number of aromatic nitrogens is 6. The summed E-state index contributed by atoms with van der Waals surface area (Å²) in [6.07, 6.45) is 5.96. The van der Waals surface area contributed by atoms with Gasteiger partial charge in [0.25, 0.3) is 5.92 Å². The van der Waals surface area contributed by atoms with Crippen molar-refractivity contribution in [1.82, 2.24) is 39.3 Å². The third kappa shape index (κ3) is 7.53. The van der Waals surface area contributed by atoms with Crippen LogP contribution in [0.25, 0.3) is 16.6 Å². The fourth-order valence-electron chi connectivity index (χ4n) is 6.84. The van der Waals surface area contributed by atoms with E-state index in [9.17, 15) is 4.79 Å². The van der Waals surface area contributed by atoms with Gasteiger partial charge in [0.15, 0.2) is 17.5 Å². The first-order valence-corrected chi connectivity index (χ1v) is 17.5. The topological polar surface area (TPSA) is 144 Å². The molecule has 0 radical (unpaired) electrons. The smallest absolute Gasteiger partial charge is 0.296 e. The Kier molecular flexibility index (Phi) is 10.0. The number of anilines is 3. The van der Waals surface area contributed by atoms with Crippen LogP contribution in [0.1, 0.15) is 44.6 Å². The van der Waals surface area contributed by atoms with Gasteiger partial charge in [-0.05, 0) is 77.5 Å². The SMILES string of the molecule is CCOc1cc2ncnc(Nc3ccc(Oc4cc5ncnn5cn4)c(C)c3)c2c(O[C@@H]2CCN(C)CC2(F)F)c1NC(=O)CC[C@H]1CCCN1C.